The number of aliphatic hydroxyl groups is 4. The lowest BCUT2D eigenvalue weighted by Crippen LogP contribution is -2.59. The van der Waals surface area contributed by atoms with Gasteiger partial charge in [0.25, 0.3) is 0 Å². The Balaban J connectivity index is 1.74. The van der Waals surface area contributed by atoms with Crippen LogP contribution in [-0.2, 0) is 9.53 Å². The van der Waals surface area contributed by atoms with E-state index in [1.54, 1.807) is 13.2 Å². The van der Waals surface area contributed by atoms with Crippen molar-refractivity contribution in [2.24, 2.45) is 11.8 Å². The summed E-state index contributed by atoms with van der Waals surface area (Å²) in [6, 6.07) is 8.12. The third-order valence-corrected chi connectivity index (χ3v) is 7.66. The Hall–Kier alpha value is -1.61. The molecule has 1 aromatic carbocycles. The summed E-state index contributed by atoms with van der Waals surface area (Å²) in [5.74, 6) is 4.84. The molecule has 6 N–H and O–H groups in total. The predicted molar refractivity (Wildman–Crippen MR) is 140 cm³/mol. The van der Waals surface area contributed by atoms with Crippen molar-refractivity contribution in [2.75, 3.05) is 26.0 Å². The zero-order chi connectivity index (χ0) is 26.2. The number of hydrogen-bond donors (Lipinski definition) is 6. The number of ether oxygens (including phenoxy) is 1. The first kappa shape index (κ1) is 29.0. The highest BCUT2D eigenvalue weighted by Crippen LogP contribution is 2.28. The van der Waals surface area contributed by atoms with Gasteiger partial charge < -0.3 is 35.8 Å². The Morgan fingerprint density at radius 1 is 1.28 bits per heavy atom. The Labute approximate surface area is 221 Å². The summed E-state index contributed by atoms with van der Waals surface area (Å²) in [5, 5.41) is 46.1. The highest BCUT2D eigenvalue weighted by molar-refractivity contribution is 7.99. The molecule has 1 saturated heterocycles. The summed E-state index contributed by atoms with van der Waals surface area (Å²) in [6.07, 6.45) is 1.06. The Morgan fingerprint density at radius 2 is 2.00 bits per heavy atom. The van der Waals surface area contributed by atoms with Crippen molar-refractivity contribution in [1.29, 1.82) is 0 Å². The summed E-state index contributed by atoms with van der Waals surface area (Å²) in [6.45, 7) is 1.90. The molecule has 1 fully saturated rings. The maximum absolute atomic E-state index is 13.3. The molecule has 0 aliphatic carbocycles. The predicted octanol–water partition coefficient (Wildman–Crippen LogP) is 0.465. The van der Waals surface area contributed by atoms with E-state index in [4.69, 9.17) is 16.3 Å². The van der Waals surface area contributed by atoms with Crippen LogP contribution in [0.25, 0.3) is 0 Å². The number of carbonyl (C=O) groups excluding carboxylic acids is 1. The number of thioether (sulfide) groups is 1. The van der Waals surface area contributed by atoms with Gasteiger partial charge in [-0.05, 0) is 25.3 Å². The van der Waals surface area contributed by atoms with Crippen LogP contribution >= 0.6 is 23.4 Å². The van der Waals surface area contributed by atoms with Crippen LogP contribution in [-0.4, -0.2) is 93.6 Å². The second-order valence-corrected chi connectivity index (χ2v) is 10.7. The van der Waals surface area contributed by atoms with Crippen LogP contribution in [0.4, 0.5) is 0 Å². The number of carbonyl (C=O) groups is 1. The first-order valence-electron chi connectivity index (χ1n) is 12.0. The smallest absolute Gasteiger partial charge is 0.240 e. The molecule has 9 atom stereocenters. The number of rotatable bonds is 9. The van der Waals surface area contributed by atoms with Gasteiger partial charge in [-0.15, -0.1) is 23.4 Å². The molecule has 10 heteroatoms. The molecule has 3 rings (SSSR count). The zero-order valence-electron chi connectivity index (χ0n) is 20.4. The van der Waals surface area contributed by atoms with Crippen molar-refractivity contribution >= 4 is 29.3 Å². The van der Waals surface area contributed by atoms with E-state index in [1.807, 2.05) is 30.3 Å². The number of nitrogens with one attached hydrogen (secondary N) is 2. The number of hydrogen-bond acceptors (Lipinski definition) is 8. The Kier molecular flexibility index (Phi) is 11.1. The summed E-state index contributed by atoms with van der Waals surface area (Å²) in [5.41, 5.74) is 0.657. The molecule has 36 heavy (non-hydrogen) atoms. The van der Waals surface area contributed by atoms with Gasteiger partial charge in [0.05, 0.1) is 42.9 Å². The number of alkyl halides is 1. The van der Waals surface area contributed by atoms with E-state index in [9.17, 15) is 25.2 Å². The van der Waals surface area contributed by atoms with Crippen LogP contribution < -0.4 is 10.6 Å². The Morgan fingerprint density at radius 3 is 2.64 bits per heavy atom. The molecule has 0 radical (unpaired) electrons. The minimum atomic E-state index is -1.43. The highest BCUT2D eigenvalue weighted by atomic mass is 35.5. The largest absolute Gasteiger partial charge is 0.394 e. The van der Waals surface area contributed by atoms with Gasteiger partial charge in [-0.1, -0.05) is 36.1 Å². The SMILES string of the molecule is CSC(O)C(O)C(C(O)CO)C(NC(=O)C1NCC2C=C(C#Cc3ccccc3)CCOC21)C(C)Cl. The van der Waals surface area contributed by atoms with Crippen molar-refractivity contribution < 1.29 is 30.0 Å². The van der Waals surface area contributed by atoms with E-state index in [2.05, 4.69) is 28.6 Å². The summed E-state index contributed by atoms with van der Waals surface area (Å²) < 4.78 is 6.06. The molecular formula is C26H35ClN2O6S. The van der Waals surface area contributed by atoms with Crippen LogP contribution in [0.3, 0.4) is 0 Å². The van der Waals surface area contributed by atoms with Gasteiger partial charge in [-0.3, -0.25) is 4.79 Å². The summed E-state index contributed by atoms with van der Waals surface area (Å²) >= 11 is 7.36. The van der Waals surface area contributed by atoms with E-state index < -0.39 is 59.6 Å². The van der Waals surface area contributed by atoms with Gasteiger partial charge in [-0.25, -0.2) is 0 Å². The summed E-state index contributed by atoms with van der Waals surface area (Å²) in [4.78, 5) is 13.3. The van der Waals surface area contributed by atoms with E-state index in [-0.39, 0.29) is 5.92 Å². The van der Waals surface area contributed by atoms with Gasteiger partial charge in [0.1, 0.15) is 11.5 Å². The van der Waals surface area contributed by atoms with Gasteiger partial charge in [0.15, 0.2) is 0 Å². The Bertz CT molecular complexity index is 953. The molecule has 1 amide bonds. The first-order chi connectivity index (χ1) is 17.3. The van der Waals surface area contributed by atoms with Gasteiger partial charge in [0.2, 0.25) is 5.91 Å². The topological polar surface area (TPSA) is 131 Å². The van der Waals surface area contributed by atoms with Gasteiger partial charge >= 0.3 is 0 Å². The van der Waals surface area contributed by atoms with Crippen molar-refractivity contribution in [3.05, 3.63) is 47.5 Å². The number of amides is 1. The fourth-order valence-corrected chi connectivity index (χ4v) is 5.38. The second kappa shape index (κ2) is 13.8. The number of benzene rings is 1. The minimum Gasteiger partial charge on any atom is -0.394 e. The molecule has 9 unspecified atom stereocenters. The first-order valence-corrected chi connectivity index (χ1v) is 13.7. The fourth-order valence-electron chi connectivity index (χ4n) is 4.68. The van der Waals surface area contributed by atoms with Gasteiger partial charge in [-0.2, -0.15) is 0 Å². The standard InChI is InChI=1S/C26H35ClN2O6S/c1-15(27)21(20(19(31)14-30)23(32)26(34)36-2)29-25(33)22-24-18(13-28-22)12-17(10-11-35-24)9-8-16-6-4-3-5-7-16/h3-7,12,15,18-24,26,28,30-32,34H,10-11,13-14H2,1-2H3,(H,29,33). The quantitative estimate of drug-likeness (QED) is 0.152. The molecule has 8 nitrogen and oxygen atoms in total. The molecule has 0 spiro atoms. The second-order valence-electron chi connectivity index (χ2n) is 9.10. The van der Waals surface area contributed by atoms with E-state index >= 15 is 0 Å². The van der Waals surface area contributed by atoms with Crippen molar-refractivity contribution in [2.45, 2.75) is 54.6 Å². The van der Waals surface area contributed by atoms with Crippen molar-refractivity contribution in [1.82, 2.24) is 10.6 Å². The lowest BCUT2D eigenvalue weighted by Gasteiger charge is -2.37. The van der Waals surface area contributed by atoms with E-state index in [0.717, 1.165) is 22.9 Å². The van der Waals surface area contributed by atoms with Crippen molar-refractivity contribution in [3.63, 3.8) is 0 Å². The monoisotopic (exact) mass is 538 g/mol. The fraction of sp³-hybridized carbons (Fsp3) is 0.577. The average Bonchev–Trinajstić information content (AvgIpc) is 3.17. The molecule has 2 aliphatic heterocycles. The van der Waals surface area contributed by atoms with E-state index in [1.165, 1.54) is 0 Å². The number of aliphatic hydroxyl groups excluding tert-OH is 4. The lowest BCUT2D eigenvalue weighted by atomic mass is 9.86. The maximum Gasteiger partial charge on any atom is 0.240 e. The molecule has 0 saturated carbocycles. The van der Waals surface area contributed by atoms with Crippen LogP contribution in [0.5, 0.6) is 0 Å². The van der Waals surface area contributed by atoms with Crippen LogP contribution in [0.15, 0.2) is 42.0 Å². The summed E-state index contributed by atoms with van der Waals surface area (Å²) in [7, 11) is 0. The molecule has 0 aromatic heterocycles. The zero-order valence-corrected chi connectivity index (χ0v) is 22.0. The minimum absolute atomic E-state index is 0.0575. The molecule has 1 aromatic rings. The lowest BCUT2D eigenvalue weighted by molar-refractivity contribution is -0.129. The van der Waals surface area contributed by atoms with Crippen molar-refractivity contribution in [3.8, 4) is 11.8 Å². The third-order valence-electron chi connectivity index (χ3n) is 6.62. The van der Waals surface area contributed by atoms with Crippen LogP contribution in [0.2, 0.25) is 0 Å². The number of halogens is 1. The van der Waals surface area contributed by atoms with Gasteiger partial charge in [0, 0.05) is 35.9 Å². The van der Waals surface area contributed by atoms with Crippen LogP contribution in [0.1, 0.15) is 18.9 Å². The maximum atomic E-state index is 13.3. The molecule has 2 heterocycles. The average molecular weight is 539 g/mol. The normalized spacial score (nSPS) is 26.6. The third kappa shape index (κ3) is 7.24. The molecular weight excluding hydrogens is 504 g/mol. The number of fused-ring (bicyclic) bond motifs is 1. The van der Waals surface area contributed by atoms with Crippen LogP contribution in [0, 0.1) is 23.7 Å². The highest BCUT2D eigenvalue weighted by Gasteiger charge is 2.45. The molecule has 2 aliphatic rings. The molecule has 198 valence electrons. The van der Waals surface area contributed by atoms with E-state index in [0.29, 0.717) is 19.6 Å². The molecule has 0 bridgehead atoms.